The highest BCUT2D eigenvalue weighted by Gasteiger charge is 2.32. The molecule has 1 aliphatic heterocycles. The summed E-state index contributed by atoms with van der Waals surface area (Å²) in [6, 6.07) is 14.8. The smallest absolute Gasteiger partial charge is 0.223 e. The van der Waals surface area contributed by atoms with Crippen LogP contribution >= 0.6 is 0 Å². The van der Waals surface area contributed by atoms with Crippen molar-refractivity contribution in [2.45, 2.75) is 38.8 Å². The molecule has 5 rings (SSSR count). The molecule has 3 aromatic heterocycles. The highest BCUT2D eigenvalue weighted by molar-refractivity contribution is 5.83. The Bertz CT molecular complexity index is 1170. The SMILES string of the molecule is C[C@@H]1CC(Cn2ccc3cc(-c4cn[nH]c4)ncc32)CN1C(=O)CCc1ccccc1. The van der Waals surface area contributed by atoms with Crippen LogP contribution in [0, 0.1) is 5.92 Å². The molecular weight excluding hydrogens is 386 g/mol. The highest BCUT2D eigenvalue weighted by atomic mass is 16.2. The van der Waals surface area contributed by atoms with Gasteiger partial charge in [-0.3, -0.25) is 14.9 Å². The van der Waals surface area contributed by atoms with Crippen molar-refractivity contribution in [3.8, 4) is 11.3 Å². The molecule has 31 heavy (non-hydrogen) atoms. The first-order valence-corrected chi connectivity index (χ1v) is 10.9. The van der Waals surface area contributed by atoms with Crippen molar-refractivity contribution < 1.29 is 4.79 Å². The van der Waals surface area contributed by atoms with Gasteiger partial charge in [0.2, 0.25) is 5.91 Å². The number of rotatable bonds is 6. The van der Waals surface area contributed by atoms with E-state index in [1.165, 1.54) is 10.9 Å². The number of carbonyl (C=O) groups is 1. The van der Waals surface area contributed by atoms with E-state index in [4.69, 9.17) is 0 Å². The quantitative estimate of drug-likeness (QED) is 0.513. The van der Waals surface area contributed by atoms with Gasteiger partial charge in [0, 0.05) is 48.9 Å². The van der Waals surface area contributed by atoms with E-state index in [-0.39, 0.29) is 5.91 Å². The van der Waals surface area contributed by atoms with Crippen molar-refractivity contribution in [1.29, 1.82) is 0 Å². The van der Waals surface area contributed by atoms with Gasteiger partial charge in [-0.05, 0) is 43.4 Å². The van der Waals surface area contributed by atoms with Gasteiger partial charge in [-0.25, -0.2) is 0 Å². The minimum absolute atomic E-state index is 0.266. The number of hydrogen-bond acceptors (Lipinski definition) is 3. The number of nitrogens with one attached hydrogen (secondary N) is 1. The summed E-state index contributed by atoms with van der Waals surface area (Å²) in [5, 5.41) is 8.02. The number of H-pyrrole nitrogens is 1. The molecule has 4 heterocycles. The lowest BCUT2D eigenvalue weighted by atomic mass is 10.1. The molecule has 0 spiro atoms. The molecule has 0 radical (unpaired) electrons. The minimum Gasteiger partial charge on any atom is -0.346 e. The van der Waals surface area contributed by atoms with Crippen molar-refractivity contribution in [2.24, 2.45) is 5.92 Å². The lowest BCUT2D eigenvalue weighted by Gasteiger charge is -2.21. The Morgan fingerprint density at radius 2 is 2.06 bits per heavy atom. The number of likely N-dealkylation sites (tertiary alicyclic amines) is 1. The summed E-state index contributed by atoms with van der Waals surface area (Å²) >= 11 is 0. The lowest BCUT2D eigenvalue weighted by Crippen LogP contribution is -2.34. The van der Waals surface area contributed by atoms with Crippen molar-refractivity contribution in [3.63, 3.8) is 0 Å². The van der Waals surface area contributed by atoms with Gasteiger partial charge in [0.1, 0.15) is 0 Å². The van der Waals surface area contributed by atoms with Crippen LogP contribution in [0.4, 0.5) is 0 Å². The summed E-state index contributed by atoms with van der Waals surface area (Å²) < 4.78 is 2.27. The first-order valence-electron chi connectivity index (χ1n) is 10.9. The third-order valence-electron chi connectivity index (χ3n) is 6.36. The zero-order valence-electron chi connectivity index (χ0n) is 17.7. The Hall–Kier alpha value is -3.41. The third kappa shape index (κ3) is 4.10. The van der Waals surface area contributed by atoms with Crippen LogP contribution in [-0.4, -0.2) is 43.1 Å². The molecule has 1 N–H and O–H groups in total. The molecule has 1 aliphatic rings. The Morgan fingerprint density at radius 1 is 1.19 bits per heavy atom. The van der Waals surface area contributed by atoms with E-state index in [2.05, 4.69) is 62.0 Å². The molecule has 6 heteroatoms. The first kappa shape index (κ1) is 19.5. The molecule has 1 saturated heterocycles. The standard InChI is InChI=1S/C25H27N5O/c1-18-11-20(17-30(18)25(31)8-7-19-5-3-2-4-6-19)16-29-10-9-21-12-23(26-15-24(21)29)22-13-27-28-14-22/h2-6,9-10,12-15,18,20H,7-8,11,16-17H2,1H3,(H,27,28)/t18-,20?/m1/s1. The number of fused-ring (bicyclic) bond motifs is 1. The average molecular weight is 414 g/mol. The van der Waals surface area contributed by atoms with Crippen LogP contribution in [-0.2, 0) is 17.8 Å². The van der Waals surface area contributed by atoms with Gasteiger partial charge in [0.25, 0.3) is 0 Å². The lowest BCUT2D eigenvalue weighted by molar-refractivity contribution is -0.131. The molecule has 158 valence electrons. The van der Waals surface area contributed by atoms with Crippen LogP contribution in [0.5, 0.6) is 0 Å². The number of carbonyl (C=O) groups excluding carboxylic acids is 1. The number of aromatic nitrogens is 4. The fourth-order valence-corrected chi connectivity index (χ4v) is 4.74. The Labute approximate surface area is 181 Å². The van der Waals surface area contributed by atoms with Crippen molar-refractivity contribution in [2.75, 3.05) is 6.54 Å². The second kappa shape index (κ2) is 8.38. The summed E-state index contributed by atoms with van der Waals surface area (Å²) in [6.07, 6.45) is 10.1. The predicted octanol–water partition coefficient (Wildman–Crippen LogP) is 4.30. The molecule has 1 unspecified atom stereocenters. The Morgan fingerprint density at radius 3 is 2.87 bits per heavy atom. The van der Waals surface area contributed by atoms with Crippen LogP contribution in [0.3, 0.4) is 0 Å². The van der Waals surface area contributed by atoms with Gasteiger partial charge < -0.3 is 9.47 Å². The molecule has 1 aromatic carbocycles. The highest BCUT2D eigenvalue weighted by Crippen LogP contribution is 2.28. The number of aromatic amines is 1. The second-order valence-electron chi connectivity index (χ2n) is 8.57. The van der Waals surface area contributed by atoms with Crippen molar-refractivity contribution in [1.82, 2.24) is 24.6 Å². The molecule has 1 amide bonds. The first-order chi connectivity index (χ1) is 15.2. The van der Waals surface area contributed by atoms with Gasteiger partial charge in [0.05, 0.1) is 23.6 Å². The molecule has 6 nitrogen and oxygen atoms in total. The van der Waals surface area contributed by atoms with Gasteiger partial charge in [-0.15, -0.1) is 0 Å². The third-order valence-corrected chi connectivity index (χ3v) is 6.36. The van der Waals surface area contributed by atoms with E-state index in [1.54, 1.807) is 6.20 Å². The maximum absolute atomic E-state index is 12.8. The minimum atomic E-state index is 0.266. The van der Waals surface area contributed by atoms with Gasteiger partial charge in [0.15, 0.2) is 0 Å². The molecular formula is C25H27N5O. The molecule has 0 aliphatic carbocycles. The van der Waals surface area contributed by atoms with Crippen molar-refractivity contribution >= 4 is 16.8 Å². The van der Waals surface area contributed by atoms with Gasteiger partial charge >= 0.3 is 0 Å². The van der Waals surface area contributed by atoms with Crippen molar-refractivity contribution in [3.05, 3.63) is 72.8 Å². The normalized spacial score (nSPS) is 18.7. The topological polar surface area (TPSA) is 66.8 Å². The summed E-state index contributed by atoms with van der Waals surface area (Å²) in [5.74, 6) is 0.725. The monoisotopic (exact) mass is 413 g/mol. The molecule has 0 bridgehead atoms. The number of pyridine rings is 1. The fraction of sp³-hybridized carbons (Fsp3) is 0.320. The van der Waals surface area contributed by atoms with E-state index >= 15 is 0 Å². The number of aryl methyl sites for hydroxylation is 1. The number of benzene rings is 1. The Kier molecular flexibility index (Phi) is 5.28. The number of nitrogens with zero attached hydrogens (tertiary/aromatic N) is 4. The van der Waals surface area contributed by atoms with Gasteiger partial charge in [-0.1, -0.05) is 30.3 Å². The Balaban J connectivity index is 1.23. The zero-order chi connectivity index (χ0) is 21.2. The average Bonchev–Trinajstić information content (AvgIpc) is 3.53. The van der Waals surface area contributed by atoms with E-state index in [0.717, 1.165) is 42.7 Å². The van der Waals surface area contributed by atoms with Crippen LogP contribution in [0.1, 0.15) is 25.3 Å². The van der Waals surface area contributed by atoms with E-state index < -0.39 is 0 Å². The summed E-state index contributed by atoms with van der Waals surface area (Å²) in [7, 11) is 0. The van der Waals surface area contributed by atoms with Crippen LogP contribution < -0.4 is 0 Å². The number of hydrogen-bond donors (Lipinski definition) is 1. The molecule has 2 atom stereocenters. The molecule has 4 aromatic rings. The van der Waals surface area contributed by atoms with E-state index in [0.29, 0.717) is 18.4 Å². The second-order valence-corrected chi connectivity index (χ2v) is 8.57. The van der Waals surface area contributed by atoms with Crippen LogP contribution in [0.2, 0.25) is 0 Å². The number of amides is 1. The largest absolute Gasteiger partial charge is 0.346 e. The molecule has 1 fully saturated rings. The van der Waals surface area contributed by atoms with E-state index in [1.807, 2.05) is 30.6 Å². The van der Waals surface area contributed by atoms with Crippen LogP contribution in [0.15, 0.2) is 67.3 Å². The zero-order valence-corrected chi connectivity index (χ0v) is 17.7. The predicted molar refractivity (Wildman–Crippen MR) is 121 cm³/mol. The van der Waals surface area contributed by atoms with E-state index in [9.17, 15) is 4.79 Å². The summed E-state index contributed by atoms with van der Waals surface area (Å²) in [6.45, 7) is 3.91. The summed E-state index contributed by atoms with van der Waals surface area (Å²) in [5.41, 5.74) is 4.27. The maximum Gasteiger partial charge on any atom is 0.223 e. The van der Waals surface area contributed by atoms with Crippen LogP contribution in [0.25, 0.3) is 22.2 Å². The fourth-order valence-electron chi connectivity index (χ4n) is 4.74. The maximum atomic E-state index is 12.8. The van der Waals surface area contributed by atoms with Gasteiger partial charge in [-0.2, -0.15) is 5.10 Å². The molecule has 0 saturated carbocycles. The summed E-state index contributed by atoms with van der Waals surface area (Å²) in [4.78, 5) is 19.5.